The van der Waals surface area contributed by atoms with Gasteiger partial charge in [-0.3, -0.25) is 10.1 Å². The van der Waals surface area contributed by atoms with Gasteiger partial charge in [0.15, 0.2) is 5.11 Å². The molecular weight excluding hydrogens is 210 g/mol. The maximum Gasteiger partial charge on any atom is 0.254 e. The fourth-order valence-electron chi connectivity index (χ4n) is 1.01. The van der Waals surface area contributed by atoms with Crippen molar-refractivity contribution in [1.82, 2.24) is 16.0 Å². The molecule has 0 saturated carbocycles. The van der Waals surface area contributed by atoms with Crippen LogP contribution in [0.1, 0.15) is 13.3 Å². The fraction of sp³-hybridized carbons (Fsp3) is 0.400. The molecule has 1 amide bonds. The van der Waals surface area contributed by atoms with Crippen LogP contribution < -0.4 is 16.0 Å². The van der Waals surface area contributed by atoms with Crippen LogP contribution >= 0.6 is 12.2 Å². The van der Waals surface area contributed by atoms with Crippen LogP contribution in [-0.4, -0.2) is 24.1 Å². The summed E-state index contributed by atoms with van der Waals surface area (Å²) in [7, 11) is 1.64. The number of hydrogen-bond acceptors (Lipinski definition) is 3. The number of rotatable bonds is 5. The Labute approximate surface area is 95.8 Å². The van der Waals surface area contributed by atoms with Gasteiger partial charge in [0, 0.05) is 12.6 Å². The minimum atomic E-state index is -0.282. The van der Waals surface area contributed by atoms with Crippen LogP contribution in [0.25, 0.3) is 0 Å². The van der Waals surface area contributed by atoms with Crippen molar-refractivity contribution in [2.45, 2.75) is 19.4 Å². The number of nitrogens with one attached hydrogen (secondary N) is 3. The van der Waals surface area contributed by atoms with Gasteiger partial charge in [-0.15, -0.1) is 0 Å². The Morgan fingerprint density at radius 3 is 2.60 bits per heavy atom. The zero-order chi connectivity index (χ0) is 11.8. The Balaban J connectivity index is 4.34. The van der Waals surface area contributed by atoms with Gasteiger partial charge in [0.2, 0.25) is 0 Å². The standard InChI is InChI=1S/C10H17N3OS/c1-5-8(12-6-2)7(3)9(14)13-10(15)11-4/h6,8,12H,2-3,5H2,1,4H3,(H2,11,13,14,15)/t8-/m0/s1. The summed E-state index contributed by atoms with van der Waals surface area (Å²) in [5.41, 5.74) is 0.440. The highest BCUT2D eigenvalue weighted by Crippen LogP contribution is 2.03. The van der Waals surface area contributed by atoms with Crippen molar-refractivity contribution in [2.75, 3.05) is 7.05 Å². The fourth-order valence-corrected chi connectivity index (χ4v) is 1.10. The third kappa shape index (κ3) is 4.60. The normalized spacial score (nSPS) is 11.1. The summed E-state index contributed by atoms with van der Waals surface area (Å²) in [5.74, 6) is -0.282. The van der Waals surface area contributed by atoms with Crippen LogP contribution in [0.3, 0.4) is 0 Å². The molecule has 0 aliphatic rings. The molecule has 0 saturated heterocycles. The van der Waals surface area contributed by atoms with Gasteiger partial charge in [-0.05, 0) is 24.8 Å². The van der Waals surface area contributed by atoms with Gasteiger partial charge >= 0.3 is 0 Å². The van der Waals surface area contributed by atoms with Gasteiger partial charge < -0.3 is 10.6 Å². The molecular formula is C10H17N3OS. The Hall–Kier alpha value is -1.36. The highest BCUT2D eigenvalue weighted by molar-refractivity contribution is 7.80. The Kier molecular flexibility index (Phi) is 6.37. The van der Waals surface area contributed by atoms with Crippen molar-refractivity contribution >= 4 is 23.2 Å². The van der Waals surface area contributed by atoms with E-state index in [1.54, 1.807) is 13.2 Å². The van der Waals surface area contributed by atoms with E-state index in [0.717, 1.165) is 6.42 Å². The topological polar surface area (TPSA) is 53.2 Å². The zero-order valence-electron chi connectivity index (χ0n) is 9.09. The molecule has 0 aliphatic heterocycles. The van der Waals surface area contributed by atoms with Gasteiger partial charge in [-0.2, -0.15) is 0 Å². The highest BCUT2D eigenvalue weighted by Gasteiger charge is 2.16. The number of carbonyl (C=O) groups is 1. The van der Waals surface area contributed by atoms with Crippen LogP contribution in [0, 0.1) is 0 Å². The van der Waals surface area contributed by atoms with E-state index in [4.69, 9.17) is 12.2 Å². The van der Waals surface area contributed by atoms with Crippen LogP contribution in [-0.2, 0) is 4.79 Å². The molecule has 0 fully saturated rings. The van der Waals surface area contributed by atoms with Crippen molar-refractivity contribution < 1.29 is 4.79 Å². The predicted octanol–water partition coefficient (Wildman–Crippen LogP) is 0.675. The quantitative estimate of drug-likeness (QED) is 0.477. The van der Waals surface area contributed by atoms with Gasteiger partial charge in [-0.25, -0.2) is 0 Å². The molecule has 0 aromatic carbocycles. The number of amides is 1. The van der Waals surface area contributed by atoms with Gasteiger partial charge in [0.25, 0.3) is 5.91 Å². The van der Waals surface area contributed by atoms with Crippen LogP contribution in [0.15, 0.2) is 24.9 Å². The van der Waals surface area contributed by atoms with E-state index in [1.807, 2.05) is 6.92 Å². The van der Waals surface area contributed by atoms with Crippen LogP contribution in [0.5, 0.6) is 0 Å². The molecule has 0 radical (unpaired) electrons. The maximum absolute atomic E-state index is 11.6. The van der Waals surface area contributed by atoms with E-state index in [0.29, 0.717) is 5.57 Å². The molecule has 84 valence electrons. The molecule has 0 unspecified atom stereocenters. The van der Waals surface area contributed by atoms with Crippen molar-refractivity contribution in [3.05, 3.63) is 24.9 Å². The first-order valence-corrected chi connectivity index (χ1v) is 5.06. The van der Waals surface area contributed by atoms with Crippen LogP contribution in [0.4, 0.5) is 0 Å². The van der Waals surface area contributed by atoms with E-state index in [9.17, 15) is 4.79 Å². The smallest absolute Gasteiger partial charge is 0.254 e. The third-order valence-corrected chi connectivity index (χ3v) is 2.20. The highest BCUT2D eigenvalue weighted by atomic mass is 32.1. The minimum Gasteiger partial charge on any atom is -0.384 e. The summed E-state index contributed by atoms with van der Waals surface area (Å²) < 4.78 is 0. The first-order chi connectivity index (χ1) is 7.06. The van der Waals surface area contributed by atoms with Gasteiger partial charge in [-0.1, -0.05) is 20.1 Å². The first kappa shape index (κ1) is 13.6. The van der Waals surface area contributed by atoms with E-state index < -0.39 is 0 Å². The molecule has 0 aromatic rings. The second-order valence-corrected chi connectivity index (χ2v) is 3.30. The lowest BCUT2D eigenvalue weighted by Gasteiger charge is -2.17. The van der Waals surface area contributed by atoms with Crippen molar-refractivity contribution in [1.29, 1.82) is 0 Å². The third-order valence-electron chi connectivity index (χ3n) is 1.89. The van der Waals surface area contributed by atoms with E-state index in [1.165, 1.54) is 0 Å². The first-order valence-electron chi connectivity index (χ1n) is 4.65. The van der Waals surface area contributed by atoms with Gasteiger partial charge in [0.05, 0.1) is 6.04 Å². The number of hydrogen-bond donors (Lipinski definition) is 3. The van der Waals surface area contributed by atoms with Crippen molar-refractivity contribution in [3.8, 4) is 0 Å². The molecule has 1 atom stereocenters. The molecule has 0 spiro atoms. The Morgan fingerprint density at radius 1 is 1.60 bits per heavy atom. The summed E-state index contributed by atoms with van der Waals surface area (Å²) in [6.07, 6.45) is 2.30. The van der Waals surface area contributed by atoms with Crippen molar-refractivity contribution in [2.24, 2.45) is 0 Å². The Morgan fingerprint density at radius 2 is 2.20 bits per heavy atom. The van der Waals surface area contributed by atoms with E-state index >= 15 is 0 Å². The zero-order valence-corrected chi connectivity index (χ0v) is 9.91. The summed E-state index contributed by atoms with van der Waals surface area (Å²) in [6.45, 7) is 9.22. The Bertz CT molecular complexity index is 276. The molecule has 0 aliphatic carbocycles. The van der Waals surface area contributed by atoms with Crippen LogP contribution in [0.2, 0.25) is 0 Å². The molecule has 4 nitrogen and oxygen atoms in total. The second-order valence-electron chi connectivity index (χ2n) is 2.89. The summed E-state index contributed by atoms with van der Waals surface area (Å²) in [5, 5.41) is 8.40. The summed E-state index contributed by atoms with van der Waals surface area (Å²) in [6, 6.07) is -0.109. The lowest BCUT2D eigenvalue weighted by atomic mass is 10.1. The largest absolute Gasteiger partial charge is 0.384 e. The molecule has 5 heteroatoms. The maximum atomic E-state index is 11.6. The van der Waals surface area contributed by atoms with E-state index in [-0.39, 0.29) is 17.1 Å². The molecule has 0 heterocycles. The molecule has 3 N–H and O–H groups in total. The lowest BCUT2D eigenvalue weighted by Crippen LogP contribution is -2.41. The number of thiocarbonyl (C=S) groups is 1. The lowest BCUT2D eigenvalue weighted by molar-refractivity contribution is -0.116. The SMILES string of the molecule is C=CN[C@@H](CC)C(=C)C(=O)NC(=S)NC. The summed E-state index contributed by atoms with van der Waals surface area (Å²) >= 11 is 4.81. The van der Waals surface area contributed by atoms with E-state index in [2.05, 4.69) is 29.1 Å². The number of carbonyl (C=O) groups excluding carboxylic acids is 1. The predicted molar refractivity (Wildman–Crippen MR) is 66.4 cm³/mol. The molecule has 15 heavy (non-hydrogen) atoms. The second kappa shape index (κ2) is 7.00. The minimum absolute atomic E-state index is 0.109. The average Bonchev–Trinajstić information content (AvgIpc) is 2.24. The summed E-state index contributed by atoms with van der Waals surface area (Å²) in [4.78, 5) is 11.6. The molecule has 0 bridgehead atoms. The average molecular weight is 227 g/mol. The monoisotopic (exact) mass is 227 g/mol. The van der Waals surface area contributed by atoms with Crippen molar-refractivity contribution in [3.63, 3.8) is 0 Å². The molecule has 0 aromatic heterocycles. The van der Waals surface area contributed by atoms with Gasteiger partial charge in [0.1, 0.15) is 0 Å². The molecule has 0 rings (SSSR count).